The van der Waals surface area contributed by atoms with E-state index in [0.29, 0.717) is 6.61 Å². The van der Waals surface area contributed by atoms with Crippen molar-refractivity contribution in [2.24, 2.45) is 0 Å². The summed E-state index contributed by atoms with van der Waals surface area (Å²) >= 11 is 0. The highest BCUT2D eigenvalue weighted by Gasteiger charge is 2.13. The van der Waals surface area contributed by atoms with Crippen molar-refractivity contribution in [3.8, 4) is 0 Å². The molecule has 0 amide bonds. The minimum atomic E-state index is -0.435. The minimum Gasteiger partial charge on any atom is -0.391 e. The van der Waals surface area contributed by atoms with E-state index in [1.807, 2.05) is 6.92 Å². The van der Waals surface area contributed by atoms with Crippen LogP contribution in [0.4, 0.5) is 0 Å². The Morgan fingerprint density at radius 2 is 2.08 bits per heavy atom. The molecule has 3 nitrogen and oxygen atoms in total. The van der Waals surface area contributed by atoms with Crippen molar-refractivity contribution < 1.29 is 14.6 Å². The number of ether oxygens (including phenoxy) is 2. The highest BCUT2D eigenvalue weighted by molar-refractivity contribution is 4.84. The van der Waals surface area contributed by atoms with Crippen molar-refractivity contribution in [3.63, 3.8) is 0 Å². The van der Waals surface area contributed by atoms with E-state index in [1.165, 1.54) is 0 Å². The van der Waals surface area contributed by atoms with E-state index in [2.05, 4.69) is 6.58 Å². The largest absolute Gasteiger partial charge is 0.391 e. The molecule has 0 aromatic carbocycles. The molecule has 0 aliphatic rings. The van der Waals surface area contributed by atoms with E-state index in [9.17, 15) is 0 Å². The highest BCUT2D eigenvalue weighted by atomic mass is 16.5. The Kier molecular flexibility index (Phi) is 5.98. The molecule has 0 aromatic heterocycles. The molecule has 0 rings (SSSR count). The third-order valence-corrected chi connectivity index (χ3v) is 1.57. The van der Waals surface area contributed by atoms with Crippen LogP contribution in [0.1, 0.15) is 13.8 Å². The molecule has 3 heteroatoms. The SMILES string of the molecule is C=CC(OC)C(C)OCC(C)O. The van der Waals surface area contributed by atoms with Crippen LogP contribution < -0.4 is 0 Å². The van der Waals surface area contributed by atoms with Gasteiger partial charge in [-0.15, -0.1) is 6.58 Å². The summed E-state index contributed by atoms with van der Waals surface area (Å²) < 4.78 is 10.4. The smallest absolute Gasteiger partial charge is 0.101 e. The van der Waals surface area contributed by atoms with Crippen molar-refractivity contribution in [1.29, 1.82) is 0 Å². The summed E-state index contributed by atoms with van der Waals surface area (Å²) in [5.74, 6) is 0. The van der Waals surface area contributed by atoms with Crippen LogP contribution in [-0.2, 0) is 9.47 Å². The fourth-order valence-electron chi connectivity index (χ4n) is 0.865. The average molecular weight is 174 g/mol. The molecular formula is C9H18O3. The second kappa shape index (κ2) is 6.17. The summed E-state index contributed by atoms with van der Waals surface area (Å²) in [6, 6.07) is 0. The van der Waals surface area contributed by atoms with Crippen LogP contribution in [0.2, 0.25) is 0 Å². The maximum absolute atomic E-state index is 8.94. The molecule has 0 aromatic rings. The van der Waals surface area contributed by atoms with Crippen LogP contribution in [0, 0.1) is 0 Å². The first-order valence-electron chi connectivity index (χ1n) is 4.06. The molecule has 0 bridgehead atoms. The van der Waals surface area contributed by atoms with Gasteiger partial charge in [0.15, 0.2) is 0 Å². The first-order valence-corrected chi connectivity index (χ1v) is 4.06. The highest BCUT2D eigenvalue weighted by Crippen LogP contribution is 2.04. The predicted molar refractivity (Wildman–Crippen MR) is 48.1 cm³/mol. The number of methoxy groups -OCH3 is 1. The van der Waals surface area contributed by atoms with Crippen LogP contribution in [0.15, 0.2) is 12.7 Å². The van der Waals surface area contributed by atoms with Gasteiger partial charge in [0, 0.05) is 7.11 Å². The Morgan fingerprint density at radius 3 is 2.42 bits per heavy atom. The van der Waals surface area contributed by atoms with Crippen molar-refractivity contribution in [2.75, 3.05) is 13.7 Å². The molecule has 0 saturated heterocycles. The zero-order valence-corrected chi connectivity index (χ0v) is 7.99. The van der Waals surface area contributed by atoms with Crippen molar-refractivity contribution in [1.82, 2.24) is 0 Å². The van der Waals surface area contributed by atoms with Crippen LogP contribution in [0.5, 0.6) is 0 Å². The quantitative estimate of drug-likeness (QED) is 0.610. The molecule has 3 unspecified atom stereocenters. The zero-order valence-electron chi connectivity index (χ0n) is 7.99. The van der Waals surface area contributed by atoms with E-state index in [1.54, 1.807) is 20.1 Å². The Balaban J connectivity index is 3.68. The monoisotopic (exact) mass is 174 g/mol. The molecule has 1 N–H and O–H groups in total. The van der Waals surface area contributed by atoms with Gasteiger partial charge in [-0.2, -0.15) is 0 Å². The topological polar surface area (TPSA) is 38.7 Å². The summed E-state index contributed by atoms with van der Waals surface area (Å²) in [7, 11) is 1.61. The van der Waals surface area contributed by atoms with E-state index >= 15 is 0 Å². The van der Waals surface area contributed by atoms with E-state index < -0.39 is 6.10 Å². The number of aliphatic hydroxyl groups is 1. The summed E-state index contributed by atoms with van der Waals surface area (Å²) in [6.45, 7) is 7.51. The molecule has 0 aliphatic heterocycles. The lowest BCUT2D eigenvalue weighted by Gasteiger charge is -2.20. The van der Waals surface area contributed by atoms with Gasteiger partial charge in [0.05, 0.1) is 18.8 Å². The molecule has 0 aliphatic carbocycles. The molecule has 3 atom stereocenters. The first kappa shape index (κ1) is 11.6. The lowest BCUT2D eigenvalue weighted by Crippen LogP contribution is -2.28. The van der Waals surface area contributed by atoms with Crippen LogP contribution >= 0.6 is 0 Å². The Morgan fingerprint density at radius 1 is 1.50 bits per heavy atom. The van der Waals surface area contributed by atoms with Gasteiger partial charge in [-0.05, 0) is 13.8 Å². The standard InChI is InChI=1S/C9H18O3/c1-5-9(11-4)8(3)12-6-7(2)10/h5,7-10H,1,6H2,2-4H3. The summed E-state index contributed by atoms with van der Waals surface area (Å²) in [4.78, 5) is 0. The van der Waals surface area contributed by atoms with Gasteiger partial charge in [0.25, 0.3) is 0 Å². The molecule has 0 heterocycles. The Bertz CT molecular complexity index is 123. The average Bonchev–Trinajstić information content (AvgIpc) is 2.03. The normalized spacial score (nSPS) is 18.3. The number of rotatable bonds is 6. The van der Waals surface area contributed by atoms with Gasteiger partial charge in [-0.1, -0.05) is 6.08 Å². The van der Waals surface area contributed by atoms with Gasteiger partial charge < -0.3 is 14.6 Å². The maximum Gasteiger partial charge on any atom is 0.101 e. The Hall–Kier alpha value is -0.380. The van der Waals surface area contributed by atoms with E-state index in [-0.39, 0.29) is 12.2 Å². The van der Waals surface area contributed by atoms with Gasteiger partial charge in [0.1, 0.15) is 6.10 Å². The number of hydrogen-bond donors (Lipinski definition) is 1. The maximum atomic E-state index is 8.94. The fourth-order valence-corrected chi connectivity index (χ4v) is 0.865. The van der Waals surface area contributed by atoms with E-state index in [0.717, 1.165) is 0 Å². The zero-order chi connectivity index (χ0) is 9.56. The molecule has 0 radical (unpaired) electrons. The molecule has 72 valence electrons. The Labute approximate surface area is 74.0 Å². The summed E-state index contributed by atoms with van der Waals surface area (Å²) in [5, 5.41) is 8.94. The summed E-state index contributed by atoms with van der Waals surface area (Å²) in [6.07, 6.45) is 1.08. The summed E-state index contributed by atoms with van der Waals surface area (Å²) in [5.41, 5.74) is 0. The van der Waals surface area contributed by atoms with Gasteiger partial charge >= 0.3 is 0 Å². The second-order valence-corrected chi connectivity index (χ2v) is 2.82. The molecule has 0 spiro atoms. The van der Waals surface area contributed by atoms with Crippen molar-refractivity contribution >= 4 is 0 Å². The fraction of sp³-hybridized carbons (Fsp3) is 0.778. The lowest BCUT2D eigenvalue weighted by molar-refractivity contribution is -0.0514. The first-order chi connectivity index (χ1) is 5.61. The van der Waals surface area contributed by atoms with Crippen LogP contribution in [0.25, 0.3) is 0 Å². The van der Waals surface area contributed by atoms with Gasteiger partial charge in [-0.25, -0.2) is 0 Å². The number of hydrogen-bond acceptors (Lipinski definition) is 3. The van der Waals surface area contributed by atoms with Crippen molar-refractivity contribution in [2.45, 2.75) is 32.2 Å². The minimum absolute atomic E-state index is 0.0675. The third kappa shape index (κ3) is 4.49. The second-order valence-electron chi connectivity index (χ2n) is 2.82. The number of aliphatic hydroxyl groups excluding tert-OH is 1. The van der Waals surface area contributed by atoms with E-state index in [4.69, 9.17) is 14.6 Å². The third-order valence-electron chi connectivity index (χ3n) is 1.57. The van der Waals surface area contributed by atoms with Crippen LogP contribution in [0.3, 0.4) is 0 Å². The lowest BCUT2D eigenvalue weighted by atomic mass is 10.2. The van der Waals surface area contributed by atoms with Gasteiger partial charge in [0.2, 0.25) is 0 Å². The predicted octanol–water partition coefficient (Wildman–Crippen LogP) is 0.973. The molecule has 0 saturated carbocycles. The van der Waals surface area contributed by atoms with Gasteiger partial charge in [-0.3, -0.25) is 0 Å². The van der Waals surface area contributed by atoms with Crippen molar-refractivity contribution in [3.05, 3.63) is 12.7 Å². The van der Waals surface area contributed by atoms with Crippen LogP contribution in [-0.4, -0.2) is 37.1 Å². The molecular weight excluding hydrogens is 156 g/mol. The molecule has 0 fully saturated rings. The molecule has 12 heavy (non-hydrogen) atoms.